The van der Waals surface area contributed by atoms with Gasteiger partial charge in [-0.3, -0.25) is 9.59 Å². The number of esters is 2. The van der Waals surface area contributed by atoms with Crippen molar-refractivity contribution in [2.45, 2.75) is 51.9 Å². The molecule has 2 aliphatic heterocycles. The lowest BCUT2D eigenvalue weighted by atomic mass is 10.0. The van der Waals surface area contributed by atoms with Crippen molar-refractivity contribution < 1.29 is 43.2 Å². The Bertz CT molecular complexity index is 715. The number of piperidine rings is 1. The highest BCUT2D eigenvalue weighted by Crippen LogP contribution is 2.35. The molecule has 2 rings (SSSR count). The molecule has 2 heterocycles. The van der Waals surface area contributed by atoms with Crippen molar-refractivity contribution in [3.8, 4) is 0 Å². The topological polar surface area (TPSA) is 141 Å². The van der Waals surface area contributed by atoms with E-state index in [2.05, 4.69) is 10.1 Å². The van der Waals surface area contributed by atoms with Gasteiger partial charge in [0, 0.05) is 25.9 Å². The molecule has 0 bridgehead atoms. The van der Waals surface area contributed by atoms with Gasteiger partial charge in [0.05, 0.1) is 6.61 Å². The lowest BCUT2D eigenvalue weighted by Crippen LogP contribution is -2.53. The molecule has 1 saturated heterocycles. The first-order valence-corrected chi connectivity index (χ1v) is 9.24. The number of carbonyl (C=O) groups is 4. The fourth-order valence-electron chi connectivity index (χ4n) is 2.76. The molecule has 0 aromatic heterocycles. The van der Waals surface area contributed by atoms with Gasteiger partial charge in [-0.05, 0) is 27.7 Å². The molecule has 29 heavy (non-hydrogen) atoms. The van der Waals surface area contributed by atoms with Gasteiger partial charge in [-0.15, -0.1) is 0 Å². The second-order valence-corrected chi connectivity index (χ2v) is 7.54. The van der Waals surface area contributed by atoms with Crippen molar-refractivity contribution in [3.05, 3.63) is 11.5 Å². The lowest BCUT2D eigenvalue weighted by Gasteiger charge is -2.42. The van der Waals surface area contributed by atoms with E-state index in [4.69, 9.17) is 14.2 Å². The third-order valence-electron chi connectivity index (χ3n) is 4.08. The highest BCUT2D eigenvalue weighted by Gasteiger charge is 2.48. The summed E-state index contributed by atoms with van der Waals surface area (Å²) < 4.78 is 20.6. The molecule has 11 nitrogen and oxygen atoms in total. The van der Waals surface area contributed by atoms with Gasteiger partial charge in [0.1, 0.15) is 12.1 Å². The Labute approximate surface area is 167 Å². The Morgan fingerprint density at radius 3 is 2.34 bits per heavy atom. The quantitative estimate of drug-likeness (QED) is 0.387. The van der Waals surface area contributed by atoms with E-state index in [0.29, 0.717) is 0 Å². The Balaban J connectivity index is 1.98. The van der Waals surface area contributed by atoms with E-state index < -0.39 is 53.4 Å². The third kappa shape index (κ3) is 5.75. The molecule has 11 heteroatoms. The maximum absolute atomic E-state index is 12.3. The van der Waals surface area contributed by atoms with Gasteiger partial charge >= 0.3 is 24.0 Å². The first kappa shape index (κ1) is 22.3. The molecule has 2 N–H and O–H groups in total. The van der Waals surface area contributed by atoms with E-state index in [1.165, 1.54) is 4.90 Å². The van der Waals surface area contributed by atoms with Crippen molar-refractivity contribution in [2.75, 3.05) is 26.2 Å². The molecule has 0 radical (unpaired) electrons. The summed E-state index contributed by atoms with van der Waals surface area (Å²) in [4.78, 5) is 49.3. The van der Waals surface area contributed by atoms with Crippen LogP contribution in [0.2, 0.25) is 0 Å². The van der Waals surface area contributed by atoms with E-state index >= 15 is 0 Å². The molecule has 1 spiro atoms. The number of hydrogen-bond donors (Lipinski definition) is 2. The summed E-state index contributed by atoms with van der Waals surface area (Å²) in [5.41, 5.74) is -1.39. The predicted octanol–water partition coefficient (Wildman–Crippen LogP) is 0.736. The number of nitrogens with zero attached hydrogens (tertiary/aromatic N) is 1. The monoisotopic (exact) mass is 414 g/mol. The second-order valence-electron chi connectivity index (χ2n) is 7.54. The number of ether oxygens (including phenoxy) is 4. The van der Waals surface area contributed by atoms with Gasteiger partial charge in [0.25, 0.3) is 11.7 Å². The van der Waals surface area contributed by atoms with Gasteiger partial charge in [0.15, 0.2) is 0 Å². The van der Waals surface area contributed by atoms with Gasteiger partial charge in [-0.1, -0.05) is 0 Å². The summed E-state index contributed by atoms with van der Waals surface area (Å²) in [6.07, 6.45) is -0.340. The van der Waals surface area contributed by atoms with Crippen LogP contribution in [-0.2, 0) is 33.3 Å². The first-order chi connectivity index (χ1) is 13.5. The number of aliphatic hydroxyl groups excluding tert-OH is 1. The zero-order valence-electron chi connectivity index (χ0n) is 16.9. The van der Waals surface area contributed by atoms with Crippen LogP contribution in [0.25, 0.3) is 0 Å². The van der Waals surface area contributed by atoms with E-state index in [-0.39, 0.29) is 32.5 Å². The van der Waals surface area contributed by atoms with Crippen molar-refractivity contribution >= 4 is 23.9 Å². The van der Waals surface area contributed by atoms with Crippen LogP contribution in [0.4, 0.5) is 4.79 Å². The van der Waals surface area contributed by atoms with Gasteiger partial charge < -0.3 is 34.3 Å². The predicted molar refractivity (Wildman–Crippen MR) is 96.2 cm³/mol. The Morgan fingerprint density at radius 1 is 1.21 bits per heavy atom. The minimum atomic E-state index is -1.48. The molecule has 162 valence electrons. The average Bonchev–Trinajstić information content (AvgIpc) is 2.58. The van der Waals surface area contributed by atoms with Gasteiger partial charge in [0.2, 0.25) is 5.57 Å². The molecular formula is C18H26N2O9. The van der Waals surface area contributed by atoms with E-state index in [0.717, 1.165) is 0 Å². The summed E-state index contributed by atoms with van der Waals surface area (Å²) in [6.45, 7) is 6.84. The Hall–Kier alpha value is -2.98. The number of amides is 2. The van der Waals surface area contributed by atoms with Crippen LogP contribution >= 0.6 is 0 Å². The third-order valence-corrected chi connectivity index (χ3v) is 4.08. The number of likely N-dealkylation sites (tertiary alicyclic amines) is 1. The van der Waals surface area contributed by atoms with Crippen LogP contribution < -0.4 is 5.32 Å². The van der Waals surface area contributed by atoms with Crippen LogP contribution in [0.3, 0.4) is 0 Å². The summed E-state index contributed by atoms with van der Waals surface area (Å²) in [7, 11) is 0. The van der Waals surface area contributed by atoms with Crippen molar-refractivity contribution in [3.63, 3.8) is 0 Å². The lowest BCUT2D eigenvalue weighted by molar-refractivity contribution is -0.252. The Morgan fingerprint density at radius 2 is 1.83 bits per heavy atom. The summed E-state index contributed by atoms with van der Waals surface area (Å²) >= 11 is 0. The summed E-state index contributed by atoms with van der Waals surface area (Å²) in [5, 5.41) is 12.2. The SMILES string of the molecule is CCOC(=O)CNC(=O)C1=C(O)OC2(CCN(C(=O)OC(C)(C)C)CC2)OC1=O. The van der Waals surface area contributed by atoms with E-state index in [1.807, 2.05) is 0 Å². The van der Waals surface area contributed by atoms with Crippen molar-refractivity contribution in [1.82, 2.24) is 10.2 Å². The number of rotatable bonds is 4. The van der Waals surface area contributed by atoms with Crippen LogP contribution in [0.15, 0.2) is 11.5 Å². The average molecular weight is 414 g/mol. The zero-order chi connectivity index (χ0) is 21.8. The molecule has 0 aromatic rings. The molecule has 0 saturated carbocycles. The minimum Gasteiger partial charge on any atom is -0.480 e. The maximum Gasteiger partial charge on any atom is 0.410 e. The van der Waals surface area contributed by atoms with E-state index in [1.54, 1.807) is 27.7 Å². The fraction of sp³-hybridized carbons (Fsp3) is 0.667. The number of carbonyl (C=O) groups excluding carboxylic acids is 4. The molecule has 0 aromatic carbocycles. The largest absolute Gasteiger partial charge is 0.480 e. The molecular weight excluding hydrogens is 388 g/mol. The smallest absolute Gasteiger partial charge is 0.410 e. The van der Waals surface area contributed by atoms with Gasteiger partial charge in [-0.2, -0.15) is 0 Å². The number of aliphatic hydroxyl groups is 1. The summed E-state index contributed by atoms with van der Waals surface area (Å²) in [6, 6.07) is 0. The Kier molecular flexibility index (Phi) is 6.60. The van der Waals surface area contributed by atoms with Crippen LogP contribution in [0.1, 0.15) is 40.5 Å². The number of nitrogens with one attached hydrogen (secondary N) is 1. The zero-order valence-corrected chi connectivity index (χ0v) is 16.9. The maximum atomic E-state index is 12.3. The number of hydrogen-bond acceptors (Lipinski definition) is 9. The van der Waals surface area contributed by atoms with Crippen LogP contribution in [-0.4, -0.2) is 71.6 Å². The molecule has 0 unspecified atom stereocenters. The minimum absolute atomic E-state index is 0.0831. The van der Waals surface area contributed by atoms with E-state index in [9.17, 15) is 24.3 Å². The van der Waals surface area contributed by atoms with Crippen molar-refractivity contribution in [1.29, 1.82) is 0 Å². The van der Waals surface area contributed by atoms with Crippen LogP contribution in [0.5, 0.6) is 0 Å². The molecule has 2 amide bonds. The van der Waals surface area contributed by atoms with Gasteiger partial charge in [-0.25, -0.2) is 9.59 Å². The normalized spacial score (nSPS) is 18.6. The standard InChI is InChI=1S/C18H26N2O9/c1-5-26-11(21)10-19-13(22)12-14(23)27-18(28-15(12)24)6-8-20(9-7-18)16(25)29-17(2,3)4/h23H,5-10H2,1-4H3,(H,19,22). The molecule has 0 aliphatic carbocycles. The highest BCUT2D eigenvalue weighted by atomic mass is 16.8. The summed E-state index contributed by atoms with van der Waals surface area (Å²) in [5.74, 6) is -5.18. The fourth-order valence-corrected chi connectivity index (χ4v) is 2.76. The molecule has 2 aliphatic rings. The highest BCUT2D eigenvalue weighted by molar-refractivity contribution is 6.17. The molecule has 1 fully saturated rings. The second kappa shape index (κ2) is 8.58. The molecule has 0 atom stereocenters. The first-order valence-electron chi connectivity index (χ1n) is 9.24. The van der Waals surface area contributed by atoms with Crippen LogP contribution in [0, 0.1) is 0 Å². The van der Waals surface area contributed by atoms with Crippen molar-refractivity contribution in [2.24, 2.45) is 0 Å².